The number of nitrogens with zero attached hydrogens (tertiary/aromatic N) is 1. The molecule has 1 N–H and O–H groups in total. The van der Waals surface area contributed by atoms with Crippen molar-refractivity contribution in [1.29, 1.82) is 0 Å². The summed E-state index contributed by atoms with van der Waals surface area (Å²) in [6.07, 6.45) is 8.49. The van der Waals surface area contributed by atoms with Crippen molar-refractivity contribution in [3.63, 3.8) is 0 Å². The normalized spacial score (nSPS) is 15.2. The highest BCUT2D eigenvalue weighted by atomic mass is 32.2. The molecule has 1 fully saturated rings. The van der Waals surface area contributed by atoms with Crippen LogP contribution in [0.15, 0.2) is 24.3 Å². The summed E-state index contributed by atoms with van der Waals surface area (Å²) in [4.78, 5) is 23.8. The van der Waals surface area contributed by atoms with E-state index in [1.807, 2.05) is 11.8 Å². The Balaban J connectivity index is 1.84. The molecule has 1 aliphatic rings. The van der Waals surface area contributed by atoms with Gasteiger partial charge in [-0.1, -0.05) is 31.4 Å². The highest BCUT2D eigenvalue weighted by Crippen LogP contribution is 2.28. The first-order valence-corrected chi connectivity index (χ1v) is 12.6. The first-order valence-electron chi connectivity index (χ1n) is 9.74. The molecule has 28 heavy (non-hydrogen) atoms. The third-order valence-electron chi connectivity index (χ3n) is 4.78. The maximum absolute atomic E-state index is 12.3. The van der Waals surface area contributed by atoms with Gasteiger partial charge in [0.1, 0.15) is 6.54 Å². The van der Waals surface area contributed by atoms with Gasteiger partial charge in [-0.2, -0.15) is 11.8 Å². The molecule has 1 amide bonds. The minimum absolute atomic E-state index is 0.157. The van der Waals surface area contributed by atoms with E-state index in [1.165, 1.54) is 45.1 Å². The van der Waals surface area contributed by atoms with Gasteiger partial charge in [0.15, 0.2) is 5.78 Å². The molecule has 1 aromatic rings. The molecule has 1 aromatic carbocycles. The predicted molar refractivity (Wildman–Crippen MR) is 116 cm³/mol. The molecule has 0 spiro atoms. The second-order valence-corrected chi connectivity index (χ2v) is 10.5. The average molecular weight is 427 g/mol. The molecule has 1 saturated carbocycles. The van der Waals surface area contributed by atoms with E-state index in [9.17, 15) is 18.0 Å². The van der Waals surface area contributed by atoms with Crippen LogP contribution in [0.5, 0.6) is 0 Å². The van der Waals surface area contributed by atoms with Gasteiger partial charge in [0.25, 0.3) is 0 Å². The Morgan fingerprint density at radius 2 is 1.93 bits per heavy atom. The zero-order valence-electron chi connectivity index (χ0n) is 16.6. The Kier molecular flexibility index (Phi) is 8.82. The Morgan fingerprint density at radius 3 is 2.57 bits per heavy atom. The van der Waals surface area contributed by atoms with E-state index in [0.29, 0.717) is 17.8 Å². The number of hydrogen-bond acceptors (Lipinski definition) is 5. The molecule has 0 heterocycles. The molecule has 2 rings (SSSR count). The summed E-state index contributed by atoms with van der Waals surface area (Å²) in [7, 11) is -3.65. The first kappa shape index (κ1) is 22.7. The lowest BCUT2D eigenvalue weighted by Gasteiger charge is -2.22. The summed E-state index contributed by atoms with van der Waals surface area (Å²) in [6, 6.07) is 6.32. The Bertz CT molecular complexity index is 774. The summed E-state index contributed by atoms with van der Waals surface area (Å²) in [5.74, 6) is 0.498. The molecule has 0 unspecified atom stereocenters. The number of rotatable bonds is 10. The van der Waals surface area contributed by atoms with Crippen molar-refractivity contribution >= 4 is 39.2 Å². The molecular formula is C20H30N2O4S2. The van der Waals surface area contributed by atoms with Gasteiger partial charge < -0.3 is 5.32 Å². The summed E-state index contributed by atoms with van der Waals surface area (Å²) >= 11 is 1.98. The van der Waals surface area contributed by atoms with Gasteiger partial charge in [0, 0.05) is 17.4 Å². The van der Waals surface area contributed by atoms with Gasteiger partial charge in [-0.3, -0.25) is 13.9 Å². The maximum Gasteiger partial charge on any atom is 0.240 e. The van der Waals surface area contributed by atoms with Crippen LogP contribution >= 0.6 is 11.8 Å². The smallest absolute Gasteiger partial charge is 0.240 e. The fraction of sp³-hybridized carbons (Fsp3) is 0.600. The predicted octanol–water partition coefficient (Wildman–Crippen LogP) is 3.23. The van der Waals surface area contributed by atoms with Crippen LogP contribution in [-0.4, -0.2) is 50.5 Å². The molecule has 0 bridgehead atoms. The SMILES string of the molecule is CC(=O)c1cccc(N(CC(=O)NCCCSC2CCCCC2)S(C)(=O)=O)c1. The van der Waals surface area contributed by atoms with E-state index in [4.69, 9.17) is 0 Å². The second kappa shape index (κ2) is 10.9. The van der Waals surface area contributed by atoms with E-state index < -0.39 is 10.0 Å². The van der Waals surface area contributed by atoms with Gasteiger partial charge in [-0.25, -0.2) is 8.42 Å². The van der Waals surface area contributed by atoms with Crippen LogP contribution in [0.4, 0.5) is 5.69 Å². The van der Waals surface area contributed by atoms with Crippen molar-refractivity contribution in [1.82, 2.24) is 5.32 Å². The number of Topliss-reactive ketones (excluding diaryl/α,β-unsaturated/α-hetero) is 1. The van der Waals surface area contributed by atoms with Crippen LogP contribution in [0.25, 0.3) is 0 Å². The number of thioether (sulfide) groups is 1. The van der Waals surface area contributed by atoms with Gasteiger partial charge in [-0.05, 0) is 44.1 Å². The summed E-state index contributed by atoms with van der Waals surface area (Å²) in [6.45, 7) is 1.65. The lowest BCUT2D eigenvalue weighted by atomic mass is 10.0. The fourth-order valence-electron chi connectivity index (χ4n) is 3.25. The molecule has 1 aliphatic carbocycles. The number of anilines is 1. The number of carbonyl (C=O) groups is 2. The van der Waals surface area contributed by atoms with Gasteiger partial charge >= 0.3 is 0 Å². The number of sulfonamides is 1. The summed E-state index contributed by atoms with van der Waals surface area (Å²) in [5, 5.41) is 3.55. The molecular weight excluding hydrogens is 396 g/mol. The molecule has 156 valence electrons. The van der Waals surface area contributed by atoms with Crippen LogP contribution in [0, 0.1) is 0 Å². The Labute approximate surface area is 172 Å². The molecule has 0 saturated heterocycles. The van der Waals surface area contributed by atoms with Crippen LogP contribution < -0.4 is 9.62 Å². The molecule has 0 radical (unpaired) electrons. The number of nitrogens with one attached hydrogen (secondary N) is 1. The van der Waals surface area contributed by atoms with Gasteiger partial charge in [0.2, 0.25) is 15.9 Å². The highest BCUT2D eigenvalue weighted by molar-refractivity contribution is 7.99. The molecule has 0 aliphatic heterocycles. The summed E-state index contributed by atoms with van der Waals surface area (Å²) in [5.41, 5.74) is 0.726. The molecule has 0 atom stereocenters. The summed E-state index contributed by atoms with van der Waals surface area (Å²) < 4.78 is 25.3. The Morgan fingerprint density at radius 1 is 1.21 bits per heavy atom. The highest BCUT2D eigenvalue weighted by Gasteiger charge is 2.21. The number of amides is 1. The zero-order chi connectivity index (χ0) is 20.6. The van der Waals surface area contributed by atoms with Gasteiger partial charge in [0.05, 0.1) is 11.9 Å². The number of hydrogen-bond donors (Lipinski definition) is 1. The van der Waals surface area contributed by atoms with Crippen molar-refractivity contribution < 1.29 is 18.0 Å². The quantitative estimate of drug-likeness (QED) is 0.459. The fourth-order valence-corrected chi connectivity index (χ4v) is 5.41. The van der Waals surface area contributed by atoms with Gasteiger partial charge in [-0.15, -0.1) is 0 Å². The van der Waals surface area contributed by atoms with Crippen LogP contribution in [0.1, 0.15) is 55.8 Å². The standard InChI is InChI=1S/C20H30N2O4S2/c1-16(23)17-8-6-9-18(14-17)22(28(2,25)26)15-20(24)21-12-7-13-27-19-10-4-3-5-11-19/h6,8-9,14,19H,3-5,7,10-13,15H2,1-2H3,(H,21,24). The third-order valence-corrected chi connectivity index (χ3v) is 7.39. The van der Waals surface area contributed by atoms with E-state index in [-0.39, 0.29) is 18.2 Å². The third kappa shape index (κ3) is 7.47. The number of benzene rings is 1. The van der Waals surface area contributed by atoms with E-state index in [1.54, 1.807) is 18.2 Å². The van der Waals surface area contributed by atoms with E-state index in [0.717, 1.165) is 28.0 Å². The average Bonchev–Trinajstić information content (AvgIpc) is 2.66. The largest absolute Gasteiger partial charge is 0.354 e. The Hall–Kier alpha value is -1.54. The zero-order valence-corrected chi connectivity index (χ0v) is 18.3. The maximum atomic E-state index is 12.3. The minimum Gasteiger partial charge on any atom is -0.354 e. The van der Waals surface area contributed by atoms with Crippen molar-refractivity contribution in [3.05, 3.63) is 29.8 Å². The lowest BCUT2D eigenvalue weighted by Crippen LogP contribution is -2.40. The number of ketones is 1. The monoisotopic (exact) mass is 426 g/mol. The van der Waals surface area contributed by atoms with Crippen LogP contribution in [0.3, 0.4) is 0 Å². The molecule has 8 heteroatoms. The number of carbonyl (C=O) groups excluding carboxylic acids is 2. The minimum atomic E-state index is -3.65. The van der Waals surface area contributed by atoms with E-state index >= 15 is 0 Å². The van der Waals surface area contributed by atoms with Crippen LogP contribution in [0.2, 0.25) is 0 Å². The lowest BCUT2D eigenvalue weighted by molar-refractivity contribution is -0.119. The first-order chi connectivity index (χ1) is 13.3. The van der Waals surface area contributed by atoms with E-state index in [2.05, 4.69) is 5.32 Å². The topological polar surface area (TPSA) is 83.6 Å². The van der Waals surface area contributed by atoms with Crippen LogP contribution in [-0.2, 0) is 14.8 Å². The molecule has 6 nitrogen and oxygen atoms in total. The molecule has 0 aromatic heterocycles. The van der Waals surface area contributed by atoms with Crippen molar-refractivity contribution in [2.45, 2.75) is 50.7 Å². The van der Waals surface area contributed by atoms with Crippen molar-refractivity contribution in [2.75, 3.05) is 29.4 Å². The van der Waals surface area contributed by atoms with Crippen molar-refractivity contribution in [2.24, 2.45) is 0 Å². The van der Waals surface area contributed by atoms with Crippen molar-refractivity contribution in [3.8, 4) is 0 Å². The second-order valence-electron chi connectivity index (χ2n) is 7.21.